The summed E-state index contributed by atoms with van der Waals surface area (Å²) in [6, 6.07) is 10.3. The Hall–Kier alpha value is -1.59. The Bertz CT molecular complexity index is 628. The van der Waals surface area contributed by atoms with E-state index < -0.39 is 5.60 Å². The fourth-order valence-electron chi connectivity index (χ4n) is 3.88. The Kier molecular flexibility index (Phi) is 7.58. The van der Waals surface area contributed by atoms with Crippen LogP contribution in [0.4, 0.5) is 4.79 Å². The summed E-state index contributed by atoms with van der Waals surface area (Å²) in [5, 5.41) is 0. The first kappa shape index (κ1) is 22.1. The predicted molar refractivity (Wildman–Crippen MR) is 114 cm³/mol. The number of rotatable bonds is 8. The zero-order chi connectivity index (χ0) is 20.7. The van der Waals surface area contributed by atoms with Crippen molar-refractivity contribution in [2.24, 2.45) is 11.3 Å². The number of carbonyl (C=O) groups is 1. The number of hydrogen-bond acceptors (Lipinski definition) is 4. The SMILES string of the molecule is CC(C)(C)OC(=O)N1CCC(COCc2ccccc2)(COCC2CCC2)CC1. The molecule has 1 aliphatic heterocycles. The zero-order valence-corrected chi connectivity index (χ0v) is 18.3. The molecule has 1 heterocycles. The van der Waals surface area contributed by atoms with Gasteiger partial charge in [-0.2, -0.15) is 0 Å². The fraction of sp³-hybridized carbons (Fsp3) is 0.708. The molecule has 0 unspecified atom stereocenters. The Labute approximate surface area is 175 Å². The van der Waals surface area contributed by atoms with Crippen molar-refractivity contribution in [1.29, 1.82) is 0 Å². The summed E-state index contributed by atoms with van der Waals surface area (Å²) in [5.74, 6) is 0.735. The van der Waals surface area contributed by atoms with Gasteiger partial charge in [0.15, 0.2) is 0 Å². The number of nitrogens with zero attached hydrogens (tertiary/aromatic N) is 1. The molecule has 1 aromatic carbocycles. The van der Waals surface area contributed by atoms with E-state index in [2.05, 4.69) is 12.1 Å². The predicted octanol–water partition coefficient (Wildman–Crippen LogP) is 5.04. The first-order valence-electron chi connectivity index (χ1n) is 11.0. The molecule has 1 saturated heterocycles. The highest BCUT2D eigenvalue weighted by molar-refractivity contribution is 5.68. The van der Waals surface area contributed by atoms with E-state index in [9.17, 15) is 4.79 Å². The number of carbonyl (C=O) groups excluding carboxylic acids is 1. The van der Waals surface area contributed by atoms with Crippen molar-refractivity contribution in [2.45, 2.75) is 65.1 Å². The van der Waals surface area contributed by atoms with Crippen LogP contribution in [0.25, 0.3) is 0 Å². The maximum atomic E-state index is 12.4. The first-order valence-corrected chi connectivity index (χ1v) is 11.0. The third-order valence-corrected chi connectivity index (χ3v) is 5.98. The molecule has 0 radical (unpaired) electrons. The normalized spacial score (nSPS) is 19.6. The van der Waals surface area contributed by atoms with Crippen molar-refractivity contribution in [1.82, 2.24) is 4.90 Å². The molecule has 1 aliphatic carbocycles. The average Bonchev–Trinajstić information content (AvgIpc) is 2.64. The summed E-state index contributed by atoms with van der Waals surface area (Å²) < 4.78 is 17.8. The van der Waals surface area contributed by atoms with Gasteiger partial charge >= 0.3 is 6.09 Å². The van der Waals surface area contributed by atoms with Crippen LogP contribution >= 0.6 is 0 Å². The molecule has 1 aromatic rings. The van der Waals surface area contributed by atoms with Crippen LogP contribution < -0.4 is 0 Å². The average molecular weight is 404 g/mol. The van der Waals surface area contributed by atoms with E-state index in [0.717, 1.165) is 25.4 Å². The van der Waals surface area contributed by atoms with Crippen LogP contribution in [0.5, 0.6) is 0 Å². The van der Waals surface area contributed by atoms with E-state index in [4.69, 9.17) is 14.2 Å². The minimum atomic E-state index is -0.462. The number of hydrogen-bond donors (Lipinski definition) is 0. The van der Waals surface area contributed by atoms with E-state index in [0.29, 0.717) is 32.9 Å². The van der Waals surface area contributed by atoms with Crippen molar-refractivity contribution in [3.05, 3.63) is 35.9 Å². The lowest BCUT2D eigenvalue weighted by Crippen LogP contribution is -2.48. The van der Waals surface area contributed by atoms with Crippen molar-refractivity contribution >= 4 is 6.09 Å². The van der Waals surface area contributed by atoms with Crippen molar-refractivity contribution < 1.29 is 19.0 Å². The van der Waals surface area contributed by atoms with E-state index in [1.54, 1.807) is 0 Å². The van der Waals surface area contributed by atoms with Gasteiger partial charge in [-0.05, 0) is 57.9 Å². The maximum Gasteiger partial charge on any atom is 0.410 e. The molecule has 29 heavy (non-hydrogen) atoms. The summed E-state index contributed by atoms with van der Waals surface area (Å²) in [6.07, 6.45) is 5.47. The number of ether oxygens (including phenoxy) is 3. The zero-order valence-electron chi connectivity index (χ0n) is 18.3. The summed E-state index contributed by atoms with van der Waals surface area (Å²) in [7, 11) is 0. The van der Waals surface area contributed by atoms with Crippen LogP contribution in [0.3, 0.4) is 0 Å². The van der Waals surface area contributed by atoms with Gasteiger partial charge in [-0.15, -0.1) is 0 Å². The van der Waals surface area contributed by atoms with E-state index in [1.807, 2.05) is 43.9 Å². The molecule has 0 aromatic heterocycles. The van der Waals surface area contributed by atoms with Gasteiger partial charge in [0.05, 0.1) is 19.8 Å². The number of piperidine rings is 1. The van der Waals surface area contributed by atoms with Gasteiger partial charge in [0.2, 0.25) is 0 Å². The minimum Gasteiger partial charge on any atom is -0.444 e. The molecule has 0 spiro atoms. The second-order valence-electron chi connectivity index (χ2n) is 9.76. The Morgan fingerprint density at radius 1 is 1.07 bits per heavy atom. The van der Waals surface area contributed by atoms with Crippen LogP contribution in [-0.2, 0) is 20.8 Å². The Balaban J connectivity index is 1.52. The van der Waals surface area contributed by atoms with Gasteiger partial charge in [0, 0.05) is 25.1 Å². The third-order valence-electron chi connectivity index (χ3n) is 5.98. The second kappa shape index (κ2) is 9.94. The van der Waals surface area contributed by atoms with Crippen LogP contribution in [0.2, 0.25) is 0 Å². The smallest absolute Gasteiger partial charge is 0.410 e. The molecule has 2 fully saturated rings. The first-order chi connectivity index (χ1) is 13.9. The topological polar surface area (TPSA) is 48.0 Å². The van der Waals surface area contributed by atoms with Crippen molar-refractivity contribution in [3.63, 3.8) is 0 Å². The van der Waals surface area contributed by atoms with Crippen LogP contribution in [-0.4, -0.2) is 49.5 Å². The number of likely N-dealkylation sites (tertiary alicyclic amines) is 1. The van der Waals surface area contributed by atoms with Crippen molar-refractivity contribution in [3.8, 4) is 0 Å². The molecule has 3 rings (SSSR count). The number of amides is 1. The quantitative estimate of drug-likeness (QED) is 0.610. The van der Waals surface area contributed by atoms with Gasteiger partial charge in [-0.3, -0.25) is 0 Å². The summed E-state index contributed by atoms with van der Waals surface area (Å²) in [4.78, 5) is 14.2. The molecular formula is C24H37NO4. The minimum absolute atomic E-state index is 0.0307. The highest BCUT2D eigenvalue weighted by Crippen LogP contribution is 2.34. The fourth-order valence-corrected chi connectivity index (χ4v) is 3.88. The summed E-state index contributed by atoms with van der Waals surface area (Å²) in [6.45, 7) is 9.94. The molecule has 1 saturated carbocycles. The van der Waals surface area contributed by atoms with Crippen LogP contribution in [0.1, 0.15) is 58.4 Å². The van der Waals surface area contributed by atoms with Crippen LogP contribution in [0.15, 0.2) is 30.3 Å². The molecule has 0 bridgehead atoms. The molecule has 5 heteroatoms. The van der Waals surface area contributed by atoms with Gasteiger partial charge in [0.1, 0.15) is 5.60 Å². The van der Waals surface area contributed by atoms with Crippen molar-refractivity contribution in [2.75, 3.05) is 32.9 Å². The molecule has 162 valence electrons. The molecule has 2 aliphatic rings. The van der Waals surface area contributed by atoms with Gasteiger partial charge in [-0.25, -0.2) is 4.79 Å². The molecule has 1 amide bonds. The van der Waals surface area contributed by atoms with E-state index >= 15 is 0 Å². The molecule has 5 nitrogen and oxygen atoms in total. The largest absolute Gasteiger partial charge is 0.444 e. The highest BCUT2D eigenvalue weighted by Gasteiger charge is 2.38. The van der Waals surface area contributed by atoms with E-state index in [-0.39, 0.29) is 11.5 Å². The lowest BCUT2D eigenvalue weighted by atomic mass is 9.79. The van der Waals surface area contributed by atoms with E-state index in [1.165, 1.54) is 24.8 Å². The maximum absolute atomic E-state index is 12.4. The monoisotopic (exact) mass is 403 g/mol. The Morgan fingerprint density at radius 3 is 2.31 bits per heavy atom. The summed E-state index contributed by atoms with van der Waals surface area (Å²) in [5.41, 5.74) is 0.692. The third kappa shape index (κ3) is 7.00. The number of benzene rings is 1. The van der Waals surface area contributed by atoms with Gasteiger partial charge in [0.25, 0.3) is 0 Å². The van der Waals surface area contributed by atoms with Gasteiger partial charge in [-0.1, -0.05) is 36.8 Å². The Morgan fingerprint density at radius 2 is 1.72 bits per heavy atom. The second-order valence-corrected chi connectivity index (χ2v) is 9.76. The molecular weight excluding hydrogens is 366 g/mol. The van der Waals surface area contributed by atoms with Crippen LogP contribution in [0, 0.1) is 11.3 Å². The lowest BCUT2D eigenvalue weighted by Gasteiger charge is -2.42. The summed E-state index contributed by atoms with van der Waals surface area (Å²) >= 11 is 0. The standard InChI is InChI=1S/C24H37NO4/c1-23(2,3)29-22(26)25-14-12-24(13-15-25,19-28-17-21-10-7-11-21)18-27-16-20-8-5-4-6-9-20/h4-6,8-9,21H,7,10-19H2,1-3H3. The highest BCUT2D eigenvalue weighted by atomic mass is 16.6. The molecule has 0 atom stereocenters. The molecule has 0 N–H and O–H groups in total. The lowest BCUT2D eigenvalue weighted by molar-refractivity contribution is -0.0705. The van der Waals surface area contributed by atoms with Gasteiger partial charge < -0.3 is 19.1 Å².